The molecule has 2 fully saturated rings. The van der Waals surface area contributed by atoms with Crippen molar-refractivity contribution in [2.45, 2.75) is 44.6 Å². The van der Waals surface area contributed by atoms with Crippen molar-refractivity contribution in [2.24, 2.45) is 5.92 Å². The van der Waals surface area contributed by atoms with Crippen LogP contribution in [0, 0.1) is 17.2 Å². The molecule has 154 valence electrons. The lowest BCUT2D eigenvalue weighted by molar-refractivity contribution is 0.0489. The van der Waals surface area contributed by atoms with Crippen molar-refractivity contribution in [3.05, 3.63) is 29.8 Å². The molecular formula is C21H21N5O4. The summed E-state index contributed by atoms with van der Waals surface area (Å²) < 4.78 is 16.7. The molecule has 0 bridgehead atoms. The Hall–Kier alpha value is -3.41. The van der Waals surface area contributed by atoms with Crippen LogP contribution in [0.1, 0.15) is 44.1 Å². The Morgan fingerprint density at radius 1 is 1.40 bits per heavy atom. The van der Waals surface area contributed by atoms with Crippen LogP contribution in [-0.2, 0) is 11.2 Å². The quantitative estimate of drug-likeness (QED) is 0.642. The number of aromatic nitrogens is 3. The summed E-state index contributed by atoms with van der Waals surface area (Å²) in [5.74, 6) is 1.68. The topological polar surface area (TPSA) is 118 Å². The number of pyridine rings is 1. The number of piperidine rings is 1. The number of hydrogen-bond donors (Lipinski definition) is 0. The number of nitrogens with zero attached hydrogens (tertiary/aromatic N) is 5. The summed E-state index contributed by atoms with van der Waals surface area (Å²) in [6, 6.07) is 5.44. The molecular weight excluding hydrogens is 386 g/mol. The van der Waals surface area contributed by atoms with Gasteiger partial charge >= 0.3 is 6.09 Å². The van der Waals surface area contributed by atoms with Crippen LogP contribution in [0.2, 0.25) is 0 Å². The molecule has 0 radical (unpaired) electrons. The lowest BCUT2D eigenvalue weighted by Gasteiger charge is -2.31. The van der Waals surface area contributed by atoms with Crippen molar-refractivity contribution in [3.63, 3.8) is 0 Å². The predicted molar refractivity (Wildman–Crippen MR) is 104 cm³/mol. The van der Waals surface area contributed by atoms with Crippen LogP contribution >= 0.6 is 0 Å². The molecule has 0 atom stereocenters. The lowest BCUT2D eigenvalue weighted by atomic mass is 9.93. The van der Waals surface area contributed by atoms with E-state index >= 15 is 0 Å². The lowest BCUT2D eigenvalue weighted by Crippen LogP contribution is -2.40. The second kappa shape index (κ2) is 7.13. The van der Waals surface area contributed by atoms with Gasteiger partial charge in [0.15, 0.2) is 17.3 Å². The van der Waals surface area contributed by atoms with Crippen LogP contribution in [0.4, 0.5) is 4.79 Å². The molecule has 1 amide bonds. The van der Waals surface area contributed by atoms with Gasteiger partial charge in [-0.05, 0) is 44.6 Å². The highest BCUT2D eigenvalue weighted by molar-refractivity contribution is 5.85. The highest BCUT2D eigenvalue weighted by Crippen LogP contribution is 2.39. The molecule has 5 rings (SSSR count). The van der Waals surface area contributed by atoms with Gasteiger partial charge in [-0.15, -0.1) is 0 Å². The second-order valence-electron chi connectivity index (χ2n) is 8.26. The third kappa shape index (κ3) is 3.61. The van der Waals surface area contributed by atoms with E-state index in [9.17, 15) is 10.1 Å². The zero-order valence-corrected chi connectivity index (χ0v) is 16.6. The maximum Gasteiger partial charge on any atom is 0.410 e. The van der Waals surface area contributed by atoms with Crippen molar-refractivity contribution >= 4 is 17.1 Å². The van der Waals surface area contributed by atoms with Crippen LogP contribution in [0.5, 0.6) is 0 Å². The normalized spacial score (nSPS) is 18.3. The van der Waals surface area contributed by atoms with Gasteiger partial charge in [0, 0.05) is 31.8 Å². The minimum Gasteiger partial charge on any atom is -0.451 e. The van der Waals surface area contributed by atoms with Gasteiger partial charge in [0.25, 0.3) is 5.89 Å². The highest BCUT2D eigenvalue weighted by atomic mass is 16.6. The Balaban J connectivity index is 1.21. The van der Waals surface area contributed by atoms with Crippen molar-refractivity contribution in [2.75, 3.05) is 13.1 Å². The van der Waals surface area contributed by atoms with Crippen LogP contribution < -0.4 is 0 Å². The first-order chi connectivity index (χ1) is 14.5. The number of hydrogen-bond acceptors (Lipinski definition) is 8. The van der Waals surface area contributed by atoms with Crippen molar-refractivity contribution in [1.82, 2.24) is 20.0 Å². The first-order valence-electron chi connectivity index (χ1n) is 10.1. The van der Waals surface area contributed by atoms with E-state index in [1.54, 1.807) is 17.0 Å². The summed E-state index contributed by atoms with van der Waals surface area (Å²) in [6.07, 6.45) is 5.65. The number of amides is 1. The van der Waals surface area contributed by atoms with Gasteiger partial charge in [0.05, 0.1) is 5.39 Å². The molecule has 3 aromatic heterocycles. The monoisotopic (exact) mass is 407 g/mol. The van der Waals surface area contributed by atoms with Crippen molar-refractivity contribution < 1.29 is 18.5 Å². The minimum atomic E-state index is -0.240. The molecule has 9 heteroatoms. The number of furan rings is 1. The van der Waals surface area contributed by atoms with Gasteiger partial charge in [0.1, 0.15) is 17.3 Å². The zero-order valence-electron chi connectivity index (χ0n) is 16.6. The van der Waals surface area contributed by atoms with Gasteiger partial charge in [-0.1, -0.05) is 5.16 Å². The number of rotatable bonds is 4. The van der Waals surface area contributed by atoms with Crippen LogP contribution in [-0.4, -0.2) is 44.8 Å². The molecule has 2 aliphatic rings. The number of nitriles is 1. The van der Waals surface area contributed by atoms with E-state index in [2.05, 4.69) is 15.1 Å². The average Bonchev–Trinajstić information content (AvgIpc) is 3.14. The Labute approximate surface area is 172 Å². The van der Waals surface area contributed by atoms with E-state index in [1.807, 2.05) is 13.0 Å². The summed E-state index contributed by atoms with van der Waals surface area (Å²) in [5.41, 5.74) is 0.606. The van der Waals surface area contributed by atoms with Crippen LogP contribution in [0.15, 0.2) is 27.3 Å². The Kier molecular flexibility index (Phi) is 4.42. The Morgan fingerprint density at radius 3 is 2.93 bits per heavy atom. The first-order valence-corrected chi connectivity index (χ1v) is 10.1. The number of fused-ring (bicyclic) bond motifs is 1. The van der Waals surface area contributed by atoms with Crippen LogP contribution in [0.3, 0.4) is 0 Å². The van der Waals surface area contributed by atoms with E-state index in [-0.39, 0.29) is 17.6 Å². The summed E-state index contributed by atoms with van der Waals surface area (Å²) >= 11 is 0. The molecule has 9 nitrogen and oxygen atoms in total. The molecule has 1 saturated heterocycles. The standard InChI is InChI=1S/C21H21N5O4/c1-21(5-6-21)29-20(27)26-8-3-13(4-9-26)10-18-24-19(30-25-18)17-11-14-15(12-22)23-7-2-16(14)28-17/h2,7,11,13H,3-6,8-10H2,1H3. The van der Waals surface area contributed by atoms with Crippen LogP contribution in [0.25, 0.3) is 22.6 Å². The zero-order chi connectivity index (χ0) is 20.7. The van der Waals surface area contributed by atoms with E-state index in [4.69, 9.17) is 13.7 Å². The smallest absolute Gasteiger partial charge is 0.410 e. The molecule has 30 heavy (non-hydrogen) atoms. The van der Waals surface area contributed by atoms with E-state index in [0.717, 1.165) is 25.7 Å². The maximum atomic E-state index is 12.2. The van der Waals surface area contributed by atoms with Gasteiger partial charge in [-0.3, -0.25) is 0 Å². The molecule has 4 heterocycles. The van der Waals surface area contributed by atoms with Gasteiger partial charge in [-0.2, -0.15) is 10.2 Å². The summed E-state index contributed by atoms with van der Waals surface area (Å²) in [5, 5.41) is 13.9. The fourth-order valence-electron chi connectivity index (χ4n) is 3.73. The van der Waals surface area contributed by atoms with E-state index < -0.39 is 0 Å². The number of ether oxygens (including phenoxy) is 1. The molecule has 3 aromatic rings. The third-order valence-electron chi connectivity index (χ3n) is 5.86. The van der Waals surface area contributed by atoms with E-state index in [1.165, 1.54) is 6.20 Å². The van der Waals surface area contributed by atoms with E-state index in [0.29, 0.717) is 53.7 Å². The number of likely N-dealkylation sites (tertiary alicyclic amines) is 1. The molecule has 0 spiro atoms. The van der Waals surface area contributed by atoms with Gasteiger partial charge in [0.2, 0.25) is 0 Å². The largest absolute Gasteiger partial charge is 0.451 e. The fourth-order valence-corrected chi connectivity index (χ4v) is 3.73. The Bertz CT molecular complexity index is 1130. The number of carbonyl (C=O) groups excluding carboxylic acids is 1. The predicted octanol–water partition coefficient (Wildman–Crippen LogP) is 3.69. The highest BCUT2D eigenvalue weighted by Gasteiger charge is 2.43. The fraction of sp³-hybridized carbons (Fsp3) is 0.476. The summed E-state index contributed by atoms with van der Waals surface area (Å²) in [7, 11) is 0. The molecule has 0 aromatic carbocycles. The first kappa shape index (κ1) is 18.6. The second-order valence-corrected chi connectivity index (χ2v) is 8.26. The van der Waals surface area contributed by atoms with Gasteiger partial charge < -0.3 is 18.6 Å². The minimum absolute atomic E-state index is 0.202. The molecule has 0 N–H and O–H groups in total. The van der Waals surface area contributed by atoms with Gasteiger partial charge in [-0.25, -0.2) is 9.78 Å². The summed E-state index contributed by atoms with van der Waals surface area (Å²) in [6.45, 7) is 3.33. The SMILES string of the molecule is CC1(OC(=O)N2CCC(Cc3noc(-c4cc5c(C#N)nccc5o4)n3)CC2)CC1. The molecule has 1 saturated carbocycles. The average molecular weight is 407 g/mol. The summed E-state index contributed by atoms with van der Waals surface area (Å²) in [4.78, 5) is 22.5. The molecule has 1 aliphatic carbocycles. The Morgan fingerprint density at radius 2 is 2.20 bits per heavy atom. The number of carbonyl (C=O) groups is 1. The molecule has 0 unspecified atom stereocenters. The maximum absolute atomic E-state index is 12.2. The van der Waals surface area contributed by atoms with Crippen molar-refractivity contribution in [1.29, 1.82) is 5.26 Å². The molecule has 1 aliphatic heterocycles. The third-order valence-corrected chi connectivity index (χ3v) is 5.86. The van der Waals surface area contributed by atoms with Crippen molar-refractivity contribution in [3.8, 4) is 17.7 Å².